The second-order valence-corrected chi connectivity index (χ2v) is 14.0. The van der Waals surface area contributed by atoms with Crippen molar-refractivity contribution in [1.29, 1.82) is 0 Å². The van der Waals surface area contributed by atoms with Crippen LogP contribution in [0.3, 0.4) is 0 Å². The van der Waals surface area contributed by atoms with Gasteiger partial charge in [0, 0.05) is 6.54 Å². The number of ether oxygens (including phenoxy) is 2. The Balaban J connectivity index is 0.00000736. The Labute approximate surface area is 263 Å². The Morgan fingerprint density at radius 3 is 2.20 bits per heavy atom. The molecule has 0 aliphatic carbocycles. The normalized spacial score (nSPS) is 13.5. The second kappa shape index (κ2) is 13.8. The number of fused-ring (bicyclic) bond motifs is 2. The molecule has 18 heteroatoms. The van der Waals surface area contributed by atoms with E-state index in [0.29, 0.717) is 11.0 Å². The first-order valence-corrected chi connectivity index (χ1v) is 15.3. The van der Waals surface area contributed by atoms with Gasteiger partial charge in [-0.3, -0.25) is 38.9 Å². The fourth-order valence-corrected chi connectivity index (χ4v) is 5.55. The second-order valence-electron chi connectivity index (χ2n) is 12.1. The number of hydrogen-bond acceptors (Lipinski definition) is 13. The van der Waals surface area contributed by atoms with Crippen LogP contribution in [-0.4, -0.2) is 77.9 Å². The van der Waals surface area contributed by atoms with E-state index in [4.69, 9.17) is 4.52 Å². The maximum Gasteiger partial charge on any atom is 0.509 e. The first-order chi connectivity index (χ1) is 20.5. The minimum atomic E-state index is -4.52. The summed E-state index contributed by atoms with van der Waals surface area (Å²) in [4.78, 5) is 82.1. The van der Waals surface area contributed by atoms with E-state index in [0.717, 1.165) is 11.1 Å². The van der Waals surface area contributed by atoms with Crippen LogP contribution in [0.2, 0.25) is 0 Å². The molecule has 1 aromatic rings. The van der Waals surface area contributed by atoms with Crippen molar-refractivity contribution in [3.05, 3.63) is 51.5 Å². The van der Waals surface area contributed by atoms with Gasteiger partial charge >= 0.3 is 31.4 Å². The highest BCUT2D eigenvalue weighted by Crippen LogP contribution is 2.47. The molecular weight excluding hydrogens is 629 g/mol. The molecule has 1 amide bonds. The summed E-state index contributed by atoms with van der Waals surface area (Å²) >= 11 is 0. The van der Waals surface area contributed by atoms with Crippen LogP contribution in [0.15, 0.2) is 21.7 Å². The van der Waals surface area contributed by atoms with E-state index in [1.807, 2.05) is 18.8 Å². The Morgan fingerprint density at radius 1 is 1.00 bits per heavy atom. The summed E-state index contributed by atoms with van der Waals surface area (Å²) in [5.74, 6) is -3.20. The SMILES string of the molecule is Cc1cc2nc3c(=O)[nH]c(=O)nc-3n(CC(=O)NCCOP(=O)(O)CC(C)(C)C(=O)OC(O)(O)OC(=O)C(C)(C)C)c2cc1C.[CH2]. The van der Waals surface area contributed by atoms with Crippen molar-refractivity contribution < 1.29 is 48.1 Å². The van der Waals surface area contributed by atoms with Gasteiger partial charge in [0.15, 0.2) is 11.5 Å². The van der Waals surface area contributed by atoms with Gasteiger partial charge in [-0.05, 0) is 71.7 Å². The smallest absolute Gasteiger partial charge is 0.373 e. The zero-order valence-corrected chi connectivity index (χ0v) is 27.4. The van der Waals surface area contributed by atoms with Crippen molar-refractivity contribution in [2.45, 2.75) is 61.2 Å². The molecule has 46 heavy (non-hydrogen) atoms. The van der Waals surface area contributed by atoms with Crippen molar-refractivity contribution in [2.75, 3.05) is 19.3 Å². The van der Waals surface area contributed by atoms with Crippen molar-refractivity contribution >= 4 is 36.5 Å². The van der Waals surface area contributed by atoms with Crippen LogP contribution in [0.4, 0.5) is 0 Å². The average Bonchev–Trinajstić information content (AvgIpc) is 2.86. The van der Waals surface area contributed by atoms with E-state index in [-0.39, 0.29) is 25.5 Å². The molecule has 252 valence electrons. The van der Waals surface area contributed by atoms with E-state index in [1.54, 1.807) is 12.1 Å². The number of rotatable bonds is 11. The lowest BCUT2D eigenvalue weighted by Crippen LogP contribution is -2.46. The van der Waals surface area contributed by atoms with Gasteiger partial charge in [-0.2, -0.15) is 4.98 Å². The molecule has 2 aliphatic heterocycles. The molecule has 0 aromatic heterocycles. The van der Waals surface area contributed by atoms with Crippen LogP contribution in [0.1, 0.15) is 45.7 Å². The molecule has 2 heterocycles. The third-order valence-corrected chi connectivity index (χ3v) is 8.23. The lowest BCUT2D eigenvalue weighted by atomic mass is 9.97. The summed E-state index contributed by atoms with van der Waals surface area (Å²) in [5, 5.41) is 22.1. The maximum atomic E-state index is 12.9. The number of aryl methyl sites for hydroxylation is 2. The predicted octanol–water partition coefficient (Wildman–Crippen LogP) is 0.602. The molecule has 1 atom stereocenters. The fourth-order valence-electron chi connectivity index (χ4n) is 3.95. The summed E-state index contributed by atoms with van der Waals surface area (Å²) in [6.07, 6.45) is -4.46. The number of aliphatic hydroxyl groups is 2. The topological polar surface area (TPSA) is 249 Å². The van der Waals surface area contributed by atoms with Gasteiger partial charge in [0.2, 0.25) is 5.91 Å². The number of H-pyrrole nitrogens is 1. The summed E-state index contributed by atoms with van der Waals surface area (Å²) in [6, 6.07) is 3.47. The molecule has 17 nitrogen and oxygen atoms in total. The monoisotopic (exact) mass is 667 g/mol. The number of nitrogens with zero attached hydrogens (tertiary/aromatic N) is 3. The number of aromatic nitrogens is 4. The number of benzene rings is 1. The Bertz CT molecular complexity index is 1770. The summed E-state index contributed by atoms with van der Waals surface area (Å²) in [6.45, 7) is 9.17. The van der Waals surface area contributed by atoms with Crippen LogP contribution in [0, 0.1) is 32.1 Å². The third-order valence-electron chi connectivity index (χ3n) is 6.45. The summed E-state index contributed by atoms with van der Waals surface area (Å²) in [7, 11) is -4.52. The lowest BCUT2D eigenvalue weighted by molar-refractivity contribution is -0.437. The van der Waals surface area contributed by atoms with E-state index < -0.39 is 73.0 Å². The standard InChI is InChI=1S/C27H36N5O12P.CH2/c1-14-10-16-17(11-15(14)2)32(20-19(29-16)21(34)31-24(37)30-20)12-18(33)28-8-9-42-45(40,41)13-26(6,7)23(36)44-27(38,39)43-22(35)25(3,4)5;/h10-11,38-39H,8-9,12-13H2,1-7H3,(H,28,33)(H,40,41)(H,31,34,37);1H2. The average molecular weight is 668 g/mol. The third kappa shape index (κ3) is 9.50. The first-order valence-electron chi connectivity index (χ1n) is 13.6. The molecule has 5 N–H and O–H groups in total. The zero-order valence-electron chi connectivity index (χ0n) is 26.5. The van der Waals surface area contributed by atoms with Crippen LogP contribution in [-0.2, 0) is 39.5 Å². The van der Waals surface area contributed by atoms with Crippen LogP contribution in [0.25, 0.3) is 22.6 Å². The lowest BCUT2D eigenvalue weighted by Gasteiger charge is -2.29. The highest BCUT2D eigenvalue weighted by Gasteiger charge is 2.45. The molecule has 2 aliphatic rings. The maximum absolute atomic E-state index is 12.9. The van der Waals surface area contributed by atoms with Gasteiger partial charge in [0.05, 0.1) is 34.6 Å². The van der Waals surface area contributed by atoms with E-state index >= 15 is 0 Å². The number of aromatic amines is 1. The van der Waals surface area contributed by atoms with Gasteiger partial charge in [-0.15, -0.1) is 0 Å². The van der Waals surface area contributed by atoms with Crippen LogP contribution < -0.4 is 16.6 Å². The number of esters is 2. The summed E-state index contributed by atoms with van der Waals surface area (Å²) in [5.41, 5.74) is -2.24. The van der Waals surface area contributed by atoms with Crippen LogP contribution >= 0.6 is 7.60 Å². The van der Waals surface area contributed by atoms with Gasteiger partial charge in [-0.1, -0.05) is 7.43 Å². The molecule has 1 unspecified atom stereocenters. The minimum absolute atomic E-state index is 0. The van der Waals surface area contributed by atoms with E-state index in [1.165, 1.54) is 39.2 Å². The number of hydrogen-bond donors (Lipinski definition) is 5. The Hall–Kier alpha value is -4.02. The fraction of sp³-hybridized carbons (Fsp3) is 0.500. The van der Waals surface area contributed by atoms with Gasteiger partial charge in [0.25, 0.3) is 5.56 Å². The van der Waals surface area contributed by atoms with E-state index in [9.17, 15) is 43.6 Å². The highest BCUT2D eigenvalue weighted by molar-refractivity contribution is 7.52. The zero-order chi connectivity index (χ0) is 34.1. The Kier molecular flexibility index (Phi) is 11.4. The molecule has 0 saturated heterocycles. The molecule has 1 aromatic carbocycles. The number of amides is 1. The first kappa shape index (κ1) is 38.2. The molecule has 0 spiro atoms. The van der Waals surface area contributed by atoms with Gasteiger partial charge in [0.1, 0.15) is 6.54 Å². The van der Waals surface area contributed by atoms with Crippen molar-refractivity contribution in [1.82, 2.24) is 24.8 Å². The van der Waals surface area contributed by atoms with Crippen molar-refractivity contribution in [3.8, 4) is 11.5 Å². The number of nitrogens with one attached hydrogen (secondary N) is 2. The Morgan fingerprint density at radius 2 is 1.59 bits per heavy atom. The summed E-state index contributed by atoms with van der Waals surface area (Å²) < 4.78 is 27.9. The predicted molar refractivity (Wildman–Crippen MR) is 162 cm³/mol. The molecule has 0 bridgehead atoms. The molecule has 0 fully saturated rings. The molecule has 2 radical (unpaired) electrons. The minimum Gasteiger partial charge on any atom is -0.373 e. The van der Waals surface area contributed by atoms with Crippen molar-refractivity contribution in [2.24, 2.45) is 10.8 Å². The molecule has 3 rings (SSSR count). The quantitative estimate of drug-likeness (QED) is 0.0618. The highest BCUT2D eigenvalue weighted by atomic mass is 31.2. The number of carbonyl (C=O) groups is 3. The molecular formula is C28H38N5O12P. The van der Waals surface area contributed by atoms with Crippen LogP contribution in [0.5, 0.6) is 0 Å². The molecule has 0 saturated carbocycles. The van der Waals surface area contributed by atoms with Gasteiger partial charge < -0.3 is 28.8 Å². The van der Waals surface area contributed by atoms with Gasteiger partial charge in [-0.25, -0.2) is 9.78 Å². The van der Waals surface area contributed by atoms with E-state index in [2.05, 4.69) is 24.8 Å². The van der Waals surface area contributed by atoms with Crippen molar-refractivity contribution in [3.63, 3.8) is 0 Å². The number of carbonyl (C=O) groups excluding carboxylic acids is 3. The largest absolute Gasteiger partial charge is 0.509 e.